The van der Waals surface area contributed by atoms with Crippen LogP contribution in [0.2, 0.25) is 0 Å². The van der Waals surface area contributed by atoms with Crippen molar-refractivity contribution in [2.24, 2.45) is 0 Å². The molecular formula is C12H28N2O. The minimum absolute atomic E-state index is 0.101. The average Bonchev–Trinajstić information content (AvgIpc) is 2.27. The zero-order chi connectivity index (χ0) is 11.4. The molecule has 0 heterocycles. The number of hydrogen-bond donors (Lipinski definition) is 2. The molecule has 0 aromatic heterocycles. The van der Waals surface area contributed by atoms with Gasteiger partial charge in [0.15, 0.2) is 0 Å². The van der Waals surface area contributed by atoms with Crippen LogP contribution >= 0.6 is 0 Å². The van der Waals surface area contributed by atoms with E-state index in [1.807, 2.05) is 0 Å². The maximum atomic E-state index is 8.59. The van der Waals surface area contributed by atoms with E-state index in [9.17, 15) is 0 Å². The highest BCUT2D eigenvalue weighted by Gasteiger charge is 2.02. The number of hydrogen-bond acceptors (Lipinski definition) is 3. The molecule has 15 heavy (non-hydrogen) atoms. The molecule has 0 aliphatic rings. The predicted molar refractivity (Wildman–Crippen MR) is 66.0 cm³/mol. The molecular weight excluding hydrogens is 188 g/mol. The molecule has 0 rings (SSSR count). The van der Waals surface area contributed by atoms with E-state index in [1.165, 1.54) is 38.8 Å². The molecule has 0 aliphatic carbocycles. The third-order valence-corrected chi connectivity index (χ3v) is 2.60. The van der Waals surface area contributed by atoms with Crippen LogP contribution in [0.25, 0.3) is 0 Å². The third kappa shape index (κ3) is 10.2. The number of nitrogens with one attached hydrogen (secondary N) is 1. The van der Waals surface area contributed by atoms with Crippen LogP contribution in [0.15, 0.2) is 0 Å². The van der Waals surface area contributed by atoms with Gasteiger partial charge in [0.05, 0.1) is 6.73 Å². The van der Waals surface area contributed by atoms with Gasteiger partial charge in [0.1, 0.15) is 0 Å². The van der Waals surface area contributed by atoms with Crippen LogP contribution in [0.5, 0.6) is 0 Å². The molecule has 0 radical (unpaired) electrons. The van der Waals surface area contributed by atoms with E-state index in [0.717, 1.165) is 19.5 Å². The van der Waals surface area contributed by atoms with Gasteiger partial charge in [-0.25, -0.2) is 0 Å². The van der Waals surface area contributed by atoms with Crippen molar-refractivity contribution >= 4 is 0 Å². The first-order valence-electron chi connectivity index (χ1n) is 6.39. The van der Waals surface area contributed by atoms with Crippen molar-refractivity contribution in [1.82, 2.24) is 10.2 Å². The van der Waals surface area contributed by atoms with Crippen molar-refractivity contribution in [3.8, 4) is 0 Å². The Morgan fingerprint density at radius 1 is 0.933 bits per heavy atom. The summed E-state index contributed by atoms with van der Waals surface area (Å²) in [5, 5.41) is 11.5. The van der Waals surface area contributed by atoms with E-state index in [4.69, 9.17) is 5.11 Å². The molecule has 0 saturated heterocycles. The van der Waals surface area contributed by atoms with Gasteiger partial charge >= 0.3 is 0 Å². The van der Waals surface area contributed by atoms with Crippen LogP contribution in [0.3, 0.4) is 0 Å². The Labute approximate surface area is 94.9 Å². The summed E-state index contributed by atoms with van der Waals surface area (Å²) >= 11 is 0. The van der Waals surface area contributed by atoms with Gasteiger partial charge in [-0.1, -0.05) is 26.7 Å². The first kappa shape index (κ1) is 14.9. The monoisotopic (exact) mass is 216 g/mol. The summed E-state index contributed by atoms with van der Waals surface area (Å²) in [6, 6.07) is 0. The normalized spacial score (nSPS) is 11.2. The summed E-state index contributed by atoms with van der Waals surface area (Å²) < 4.78 is 0. The van der Waals surface area contributed by atoms with Crippen molar-refractivity contribution in [2.75, 3.05) is 32.9 Å². The maximum Gasteiger partial charge on any atom is 0.0931 e. The quantitative estimate of drug-likeness (QED) is 0.408. The first-order valence-corrected chi connectivity index (χ1v) is 6.39. The first-order chi connectivity index (χ1) is 7.35. The Hall–Kier alpha value is -0.120. The van der Waals surface area contributed by atoms with Crippen molar-refractivity contribution in [3.63, 3.8) is 0 Å². The van der Waals surface area contributed by atoms with Gasteiger partial charge in [0.25, 0.3) is 0 Å². The molecule has 0 fully saturated rings. The lowest BCUT2D eigenvalue weighted by Crippen LogP contribution is -2.29. The second-order valence-corrected chi connectivity index (χ2v) is 4.06. The van der Waals surface area contributed by atoms with Crippen LogP contribution < -0.4 is 5.32 Å². The molecule has 0 amide bonds. The summed E-state index contributed by atoms with van der Waals surface area (Å²) in [6.45, 7) is 9.13. The number of unbranched alkanes of at least 4 members (excludes halogenated alkanes) is 2. The highest BCUT2D eigenvalue weighted by Crippen LogP contribution is 2.00. The Balaban J connectivity index is 3.49. The van der Waals surface area contributed by atoms with Gasteiger partial charge in [-0.05, 0) is 45.4 Å². The van der Waals surface area contributed by atoms with Crippen molar-refractivity contribution in [2.45, 2.75) is 46.0 Å². The smallest absolute Gasteiger partial charge is 0.0931 e. The number of aliphatic hydroxyl groups is 1. The van der Waals surface area contributed by atoms with Gasteiger partial charge in [0, 0.05) is 0 Å². The molecule has 92 valence electrons. The van der Waals surface area contributed by atoms with Crippen molar-refractivity contribution in [1.29, 1.82) is 0 Å². The van der Waals surface area contributed by atoms with E-state index in [0.29, 0.717) is 0 Å². The number of rotatable bonds is 11. The van der Waals surface area contributed by atoms with E-state index >= 15 is 0 Å². The maximum absolute atomic E-state index is 8.59. The summed E-state index contributed by atoms with van der Waals surface area (Å²) in [4.78, 5) is 2.55. The van der Waals surface area contributed by atoms with Gasteiger partial charge in [0.2, 0.25) is 0 Å². The molecule has 0 saturated carbocycles. The van der Waals surface area contributed by atoms with Crippen LogP contribution in [-0.2, 0) is 0 Å². The Morgan fingerprint density at radius 3 is 1.93 bits per heavy atom. The number of aliphatic hydroxyl groups excluding tert-OH is 1. The molecule has 0 aromatic rings. The third-order valence-electron chi connectivity index (χ3n) is 2.60. The van der Waals surface area contributed by atoms with E-state index in [1.54, 1.807) is 0 Å². The predicted octanol–water partition coefficient (Wildman–Crippen LogP) is 1.82. The fourth-order valence-corrected chi connectivity index (χ4v) is 1.61. The Bertz CT molecular complexity index is 112. The highest BCUT2D eigenvalue weighted by molar-refractivity contribution is 4.58. The zero-order valence-electron chi connectivity index (χ0n) is 10.5. The second-order valence-electron chi connectivity index (χ2n) is 4.06. The van der Waals surface area contributed by atoms with E-state index in [-0.39, 0.29) is 6.73 Å². The summed E-state index contributed by atoms with van der Waals surface area (Å²) in [7, 11) is 0. The van der Waals surface area contributed by atoms with Crippen LogP contribution in [0, 0.1) is 0 Å². The minimum atomic E-state index is 0.101. The van der Waals surface area contributed by atoms with Crippen molar-refractivity contribution in [3.05, 3.63) is 0 Å². The summed E-state index contributed by atoms with van der Waals surface area (Å²) in [5.74, 6) is 0. The zero-order valence-corrected chi connectivity index (χ0v) is 10.5. The van der Waals surface area contributed by atoms with Crippen LogP contribution in [0.1, 0.15) is 46.0 Å². The van der Waals surface area contributed by atoms with Gasteiger partial charge in [-0.3, -0.25) is 5.32 Å². The molecule has 0 aromatic carbocycles. The molecule has 3 nitrogen and oxygen atoms in total. The molecule has 0 atom stereocenters. The lowest BCUT2D eigenvalue weighted by molar-refractivity contribution is 0.239. The van der Waals surface area contributed by atoms with Gasteiger partial charge in [-0.15, -0.1) is 0 Å². The van der Waals surface area contributed by atoms with Gasteiger partial charge in [-0.2, -0.15) is 0 Å². The highest BCUT2D eigenvalue weighted by atomic mass is 16.3. The Morgan fingerprint density at radius 2 is 1.47 bits per heavy atom. The fraction of sp³-hybridized carbons (Fsp3) is 1.00. The SMILES string of the molecule is CCCCN(CCCC)CCCNCO. The largest absolute Gasteiger partial charge is 0.381 e. The van der Waals surface area contributed by atoms with Gasteiger partial charge < -0.3 is 10.0 Å². The van der Waals surface area contributed by atoms with Crippen LogP contribution in [0.4, 0.5) is 0 Å². The van der Waals surface area contributed by atoms with E-state index < -0.39 is 0 Å². The molecule has 0 spiro atoms. The standard InChI is InChI=1S/C12H28N2O/c1-3-5-9-14(10-6-4-2)11-7-8-13-12-15/h13,15H,3-12H2,1-2H3. The van der Waals surface area contributed by atoms with E-state index in [2.05, 4.69) is 24.1 Å². The van der Waals surface area contributed by atoms with Crippen molar-refractivity contribution < 1.29 is 5.11 Å². The summed E-state index contributed by atoms with van der Waals surface area (Å²) in [5.41, 5.74) is 0. The minimum Gasteiger partial charge on any atom is -0.381 e. The van der Waals surface area contributed by atoms with Crippen LogP contribution in [-0.4, -0.2) is 42.9 Å². The molecule has 3 heteroatoms. The molecule has 0 bridgehead atoms. The lowest BCUT2D eigenvalue weighted by atomic mass is 10.2. The topological polar surface area (TPSA) is 35.5 Å². The molecule has 2 N–H and O–H groups in total. The second kappa shape index (κ2) is 12.0. The fourth-order valence-electron chi connectivity index (χ4n) is 1.61. The molecule has 0 unspecified atom stereocenters. The lowest BCUT2D eigenvalue weighted by Gasteiger charge is -2.21. The average molecular weight is 216 g/mol. The molecule has 0 aliphatic heterocycles. The number of nitrogens with zero attached hydrogens (tertiary/aromatic N) is 1. The summed E-state index contributed by atoms with van der Waals surface area (Å²) in [6.07, 6.45) is 6.29. The Kier molecular flexibility index (Phi) is 11.9.